The molecule has 5 nitrogen and oxygen atoms in total. The van der Waals surface area contributed by atoms with E-state index < -0.39 is 7.29 Å². The van der Waals surface area contributed by atoms with Gasteiger partial charge in [-0.2, -0.15) is 0 Å². The second kappa shape index (κ2) is 8.34. The molecular formula is C19H25N2O3PS. The molecule has 1 aromatic heterocycles. The van der Waals surface area contributed by atoms with Crippen molar-refractivity contribution in [3.63, 3.8) is 0 Å². The van der Waals surface area contributed by atoms with Crippen LogP contribution in [-0.2, 0) is 14.0 Å². The number of rotatable bonds is 5. The van der Waals surface area contributed by atoms with Gasteiger partial charge in [0, 0.05) is 36.4 Å². The van der Waals surface area contributed by atoms with Crippen LogP contribution >= 0.6 is 18.6 Å². The Bertz CT molecular complexity index is 729. The Morgan fingerprint density at radius 2 is 1.54 bits per heavy atom. The van der Waals surface area contributed by atoms with Gasteiger partial charge < -0.3 is 9.47 Å². The lowest BCUT2D eigenvalue weighted by molar-refractivity contribution is 0.0279. The van der Waals surface area contributed by atoms with Crippen molar-refractivity contribution in [1.82, 2.24) is 9.57 Å². The number of hydrogen-bond donors (Lipinski definition) is 0. The van der Waals surface area contributed by atoms with E-state index in [9.17, 15) is 4.57 Å². The zero-order chi connectivity index (χ0) is 17.8. The maximum absolute atomic E-state index is 14.9. The summed E-state index contributed by atoms with van der Waals surface area (Å²) in [5.41, 5.74) is 0. The fourth-order valence-corrected chi connectivity index (χ4v) is 8.52. The van der Waals surface area contributed by atoms with E-state index in [0.717, 1.165) is 18.4 Å². The van der Waals surface area contributed by atoms with Crippen LogP contribution in [0.5, 0.6) is 0 Å². The molecule has 2 fully saturated rings. The van der Waals surface area contributed by atoms with Crippen molar-refractivity contribution in [3.05, 3.63) is 52.7 Å². The van der Waals surface area contributed by atoms with Crippen LogP contribution in [0.25, 0.3) is 0 Å². The van der Waals surface area contributed by atoms with Crippen molar-refractivity contribution in [1.29, 1.82) is 0 Å². The number of thiophene rings is 1. The van der Waals surface area contributed by atoms with E-state index in [4.69, 9.17) is 9.47 Å². The highest BCUT2D eigenvalue weighted by atomic mass is 32.1. The molecule has 2 aromatic rings. The summed E-state index contributed by atoms with van der Waals surface area (Å²) in [5, 5.41) is 3.02. The van der Waals surface area contributed by atoms with Crippen LogP contribution in [0.2, 0.25) is 0 Å². The third kappa shape index (κ3) is 3.55. The SMILES string of the molecule is O=[P@](c1ccccc1)([C@@H](c1cccs1)N1CCOCC1)N1CCOCC1. The van der Waals surface area contributed by atoms with Crippen molar-refractivity contribution in [2.75, 3.05) is 52.6 Å². The van der Waals surface area contributed by atoms with Gasteiger partial charge in [-0.25, -0.2) is 4.67 Å². The minimum atomic E-state index is -2.88. The summed E-state index contributed by atoms with van der Waals surface area (Å²) in [6.07, 6.45) is 0. The van der Waals surface area contributed by atoms with Crippen molar-refractivity contribution in [2.24, 2.45) is 0 Å². The first-order valence-corrected chi connectivity index (χ1v) is 11.7. The van der Waals surface area contributed by atoms with Gasteiger partial charge in [0.25, 0.3) is 0 Å². The van der Waals surface area contributed by atoms with Crippen molar-refractivity contribution in [3.8, 4) is 0 Å². The first-order valence-electron chi connectivity index (χ1n) is 9.14. The Morgan fingerprint density at radius 3 is 2.15 bits per heavy atom. The van der Waals surface area contributed by atoms with Gasteiger partial charge in [0.05, 0.1) is 26.4 Å². The quantitative estimate of drug-likeness (QED) is 0.732. The lowest BCUT2D eigenvalue weighted by Crippen LogP contribution is -2.45. The van der Waals surface area contributed by atoms with Crippen molar-refractivity contribution < 1.29 is 14.0 Å². The van der Waals surface area contributed by atoms with E-state index in [1.165, 1.54) is 4.88 Å². The Hall–Kier alpha value is -1.01. The molecule has 0 unspecified atom stereocenters. The normalized spacial score (nSPS) is 23.4. The van der Waals surface area contributed by atoms with Crippen LogP contribution < -0.4 is 5.30 Å². The third-order valence-electron chi connectivity index (χ3n) is 5.05. The van der Waals surface area contributed by atoms with E-state index in [1.54, 1.807) is 11.3 Å². The molecule has 4 rings (SSSR count). The minimum absolute atomic E-state index is 0.133. The van der Waals surface area contributed by atoms with E-state index in [2.05, 4.69) is 27.1 Å². The molecule has 0 radical (unpaired) electrons. The van der Waals surface area contributed by atoms with Gasteiger partial charge in [0.2, 0.25) is 7.29 Å². The van der Waals surface area contributed by atoms with Gasteiger partial charge in [-0.3, -0.25) is 9.46 Å². The fraction of sp³-hybridized carbons (Fsp3) is 0.474. The number of benzene rings is 1. The summed E-state index contributed by atoms with van der Waals surface area (Å²) in [7, 11) is -2.88. The van der Waals surface area contributed by atoms with Crippen LogP contribution in [0.1, 0.15) is 10.7 Å². The Kier molecular flexibility index (Phi) is 5.89. The van der Waals surface area contributed by atoms with Crippen LogP contribution in [0.3, 0.4) is 0 Å². The Morgan fingerprint density at radius 1 is 0.885 bits per heavy atom. The van der Waals surface area contributed by atoms with Crippen molar-refractivity contribution in [2.45, 2.75) is 5.78 Å². The summed E-state index contributed by atoms with van der Waals surface area (Å²) in [6.45, 7) is 5.69. The molecule has 26 heavy (non-hydrogen) atoms. The summed E-state index contributed by atoms with van der Waals surface area (Å²) in [4.78, 5) is 3.53. The van der Waals surface area contributed by atoms with E-state index in [0.29, 0.717) is 39.5 Å². The molecule has 3 heterocycles. The standard InChI is InChI=1S/C19H25N2O3PS/c22-25(17-5-2-1-3-6-17,21-10-14-24-15-11-21)19(18-7-4-16-26-18)20-8-12-23-13-9-20/h1-7,16,19H,8-15H2/t19-,25+/m0/s1. The lowest BCUT2D eigenvalue weighted by Gasteiger charge is -2.44. The molecule has 0 spiro atoms. The molecular weight excluding hydrogens is 367 g/mol. The molecule has 0 bridgehead atoms. The second-order valence-electron chi connectivity index (χ2n) is 6.56. The highest BCUT2D eigenvalue weighted by molar-refractivity contribution is 7.69. The number of morpholine rings is 2. The Labute approximate surface area is 158 Å². The average molecular weight is 392 g/mol. The highest BCUT2D eigenvalue weighted by Gasteiger charge is 2.45. The zero-order valence-electron chi connectivity index (χ0n) is 14.8. The summed E-state index contributed by atoms with van der Waals surface area (Å²) >= 11 is 1.70. The molecule has 2 aliphatic heterocycles. The maximum Gasteiger partial charge on any atom is 0.200 e. The van der Waals surface area contributed by atoms with Gasteiger partial charge in [0.1, 0.15) is 5.78 Å². The van der Waals surface area contributed by atoms with Crippen LogP contribution in [-0.4, -0.2) is 62.2 Å². The van der Waals surface area contributed by atoms with E-state index >= 15 is 0 Å². The van der Waals surface area contributed by atoms with Gasteiger partial charge in [-0.1, -0.05) is 36.4 Å². The summed E-state index contributed by atoms with van der Waals surface area (Å²) < 4.78 is 28.2. The van der Waals surface area contributed by atoms with Gasteiger partial charge in [-0.05, 0) is 11.4 Å². The zero-order valence-corrected chi connectivity index (χ0v) is 16.5. The molecule has 2 saturated heterocycles. The largest absolute Gasteiger partial charge is 0.379 e. The van der Waals surface area contributed by atoms with Gasteiger partial charge in [0.15, 0.2) is 0 Å². The number of hydrogen-bond acceptors (Lipinski definition) is 5. The predicted octanol–water partition coefficient (Wildman–Crippen LogP) is 3.01. The molecule has 0 saturated carbocycles. The third-order valence-corrected chi connectivity index (χ3v) is 9.70. The number of nitrogens with zero attached hydrogens (tertiary/aromatic N) is 2. The average Bonchev–Trinajstić information content (AvgIpc) is 3.24. The lowest BCUT2D eigenvalue weighted by atomic mass is 10.3. The van der Waals surface area contributed by atoms with E-state index in [-0.39, 0.29) is 5.78 Å². The monoisotopic (exact) mass is 392 g/mol. The molecule has 0 aliphatic carbocycles. The van der Waals surface area contributed by atoms with Crippen LogP contribution in [0, 0.1) is 0 Å². The molecule has 0 N–H and O–H groups in total. The predicted molar refractivity (Wildman–Crippen MR) is 106 cm³/mol. The summed E-state index contributed by atoms with van der Waals surface area (Å²) in [5.74, 6) is -0.133. The molecule has 0 amide bonds. The summed E-state index contributed by atoms with van der Waals surface area (Å²) in [6, 6.07) is 14.2. The number of ether oxygens (including phenoxy) is 2. The molecule has 2 atom stereocenters. The first-order chi connectivity index (χ1) is 12.8. The van der Waals surface area contributed by atoms with Gasteiger partial charge >= 0.3 is 0 Å². The maximum atomic E-state index is 14.9. The van der Waals surface area contributed by atoms with Crippen LogP contribution in [0.15, 0.2) is 47.8 Å². The van der Waals surface area contributed by atoms with Gasteiger partial charge in [-0.15, -0.1) is 11.3 Å². The first kappa shape index (κ1) is 18.4. The van der Waals surface area contributed by atoms with Crippen LogP contribution in [0.4, 0.5) is 0 Å². The minimum Gasteiger partial charge on any atom is -0.379 e. The highest BCUT2D eigenvalue weighted by Crippen LogP contribution is 2.63. The molecule has 1 aromatic carbocycles. The second-order valence-corrected chi connectivity index (χ2v) is 10.4. The smallest absolute Gasteiger partial charge is 0.200 e. The molecule has 2 aliphatic rings. The molecule has 140 valence electrons. The Balaban J connectivity index is 1.82. The van der Waals surface area contributed by atoms with Crippen molar-refractivity contribution >= 4 is 23.9 Å². The fourth-order valence-electron chi connectivity index (χ4n) is 3.79. The molecule has 7 heteroatoms. The topological polar surface area (TPSA) is 42.0 Å². The van der Waals surface area contributed by atoms with E-state index in [1.807, 2.05) is 30.3 Å².